The van der Waals surface area contributed by atoms with Crippen LogP contribution in [-0.2, 0) is 17.9 Å². The summed E-state index contributed by atoms with van der Waals surface area (Å²) in [5, 5.41) is 6.46. The van der Waals surface area contributed by atoms with Crippen LogP contribution in [0, 0.1) is 37.5 Å². The Morgan fingerprint density at radius 3 is 1.33 bits per heavy atom. The fourth-order valence-corrected chi connectivity index (χ4v) is 16.0. The van der Waals surface area contributed by atoms with Gasteiger partial charge in [0.15, 0.2) is 0 Å². The van der Waals surface area contributed by atoms with Gasteiger partial charge in [0, 0.05) is 7.92 Å². The molecular weight excluding hydrogens is 782 g/mol. The van der Waals surface area contributed by atoms with Crippen LogP contribution in [0.2, 0.25) is 0 Å². The molecule has 4 aromatic carbocycles. The van der Waals surface area contributed by atoms with Crippen molar-refractivity contribution in [2.75, 3.05) is 0 Å². The Kier molecular flexibility index (Phi) is 13.8. The van der Waals surface area contributed by atoms with Gasteiger partial charge in [-0.15, -0.1) is 0 Å². The second-order valence-corrected chi connectivity index (χ2v) is 18.7. The zero-order valence-electron chi connectivity index (χ0n) is 26.7. The molecule has 0 amide bonds. The molecule has 0 N–H and O–H groups in total. The Labute approximate surface area is 290 Å². The predicted octanol–water partition coefficient (Wildman–Crippen LogP) is 9.81. The summed E-state index contributed by atoms with van der Waals surface area (Å²) in [6.45, 7) is 0. The number of benzene rings is 4. The van der Waals surface area contributed by atoms with E-state index in [1.165, 1.54) is 75.7 Å². The number of hydrogen-bond donors (Lipinski definition) is 0. The molecule has 4 bridgehead atoms. The number of hydrogen-bond acceptors (Lipinski definition) is 0. The molecule has 0 aliphatic heterocycles. The van der Waals surface area contributed by atoms with Crippen LogP contribution < -0.4 is 21.2 Å². The molecule has 6 aliphatic rings. The Hall–Kier alpha value is -1.32. The maximum absolute atomic E-state index is 4.64. The van der Waals surface area contributed by atoms with Gasteiger partial charge in [0.1, 0.15) is 0 Å². The van der Waals surface area contributed by atoms with Gasteiger partial charge in [0.25, 0.3) is 0 Å². The molecule has 6 saturated carbocycles. The average Bonchev–Trinajstić information content (AvgIpc) is 3.09. The molecule has 6 fully saturated rings. The van der Waals surface area contributed by atoms with Gasteiger partial charge < -0.3 is 7.43 Å². The summed E-state index contributed by atoms with van der Waals surface area (Å²) in [7, 11) is 2.93. The monoisotopic (exact) mass is 832 g/mol. The standard InChI is InChI=1S/C40H45P2.CH3.ClH.Ir/c1-5-13-35(14-6-1)41(36-15-7-2-8-16-36)39-29-31-21-25-33(39)27-23-32-22-26-34(28-24-31)40(30-32)42(37-17-9-3-10-18-37)38-19-11-4-12-20-38;;;/h1-20,29,31-34,39-40H,21-28,30H2;1H3;1H;/q2*-1;;+3/p+1/t31-,32+,33+,34-,39+,40-;;;/m1.../s1. The van der Waals surface area contributed by atoms with Crippen molar-refractivity contribution in [2.45, 2.75) is 69.1 Å². The second-order valence-electron chi connectivity index (χ2n) is 13.3. The van der Waals surface area contributed by atoms with Crippen molar-refractivity contribution in [3.8, 4) is 0 Å². The first kappa shape index (κ1) is 35.0. The van der Waals surface area contributed by atoms with Crippen LogP contribution in [0.1, 0.15) is 57.8 Å². The topological polar surface area (TPSA) is 0 Å². The van der Waals surface area contributed by atoms with Crippen LogP contribution in [0.3, 0.4) is 0 Å². The van der Waals surface area contributed by atoms with Crippen molar-refractivity contribution in [3.05, 3.63) is 135 Å². The van der Waals surface area contributed by atoms with Crippen LogP contribution in [-0.4, -0.2) is 11.3 Å². The van der Waals surface area contributed by atoms with Crippen molar-refractivity contribution in [3.63, 3.8) is 0 Å². The first-order chi connectivity index (χ1) is 21.8. The van der Waals surface area contributed by atoms with Crippen molar-refractivity contribution < 1.29 is 17.9 Å². The minimum Gasteiger partial charge on any atom is -0.285 e. The van der Waals surface area contributed by atoms with E-state index < -0.39 is 15.8 Å². The molecule has 0 spiro atoms. The first-order valence-electron chi connectivity index (χ1n) is 16.8. The second kappa shape index (κ2) is 17.7. The summed E-state index contributed by atoms with van der Waals surface area (Å²) < 4.78 is 0. The van der Waals surface area contributed by atoms with E-state index in [9.17, 15) is 0 Å². The van der Waals surface area contributed by atoms with E-state index in [0.29, 0.717) is 0 Å². The molecule has 0 nitrogen and oxygen atoms in total. The molecule has 238 valence electrons. The average molecular weight is 832 g/mol. The molecule has 10 rings (SSSR count). The van der Waals surface area contributed by atoms with Crippen molar-refractivity contribution in [2.24, 2.45) is 23.7 Å². The van der Waals surface area contributed by atoms with Gasteiger partial charge in [0.05, 0.1) is 34.8 Å². The molecule has 45 heavy (non-hydrogen) atoms. The Morgan fingerprint density at radius 2 is 0.867 bits per heavy atom. The van der Waals surface area contributed by atoms with Crippen LogP contribution >= 0.6 is 25.4 Å². The van der Waals surface area contributed by atoms with Gasteiger partial charge in [-0.1, -0.05) is 92.1 Å². The third-order valence-electron chi connectivity index (χ3n) is 10.9. The summed E-state index contributed by atoms with van der Waals surface area (Å²) in [5.41, 5.74) is 1.58. The molecule has 0 aromatic heterocycles. The molecular formula is C41H50ClIrP2+2. The normalized spacial score (nSPS) is 26.2. The van der Waals surface area contributed by atoms with Gasteiger partial charge in [0.2, 0.25) is 0 Å². The Balaban J connectivity index is 0.00000131. The first-order valence-corrected chi connectivity index (χ1v) is 22.9. The van der Waals surface area contributed by atoms with E-state index in [2.05, 4.69) is 137 Å². The molecule has 0 radical (unpaired) electrons. The SMILES string of the molecule is [CH3-].[Cl][Ir+2].c1ccc([PH+](c2ccccc2)[C@@H]2C[C@H]3CC[C@@H]2CC[C@@H]2[CH-][C@H]([PH+](c4ccccc4)c4ccccc4)[C@@H](CC2)CC3)cc1. The predicted molar refractivity (Wildman–Crippen MR) is 201 cm³/mol. The zero-order valence-corrected chi connectivity index (χ0v) is 31.8. The van der Waals surface area contributed by atoms with E-state index in [1.54, 1.807) is 21.2 Å². The van der Waals surface area contributed by atoms with Crippen molar-refractivity contribution in [1.82, 2.24) is 0 Å². The van der Waals surface area contributed by atoms with Gasteiger partial charge >= 0.3 is 27.5 Å². The van der Waals surface area contributed by atoms with Crippen LogP contribution in [0.5, 0.6) is 0 Å². The summed E-state index contributed by atoms with van der Waals surface area (Å²) in [6.07, 6.45) is 15.8. The van der Waals surface area contributed by atoms with E-state index >= 15 is 0 Å². The molecule has 6 aliphatic carbocycles. The third kappa shape index (κ3) is 8.59. The van der Waals surface area contributed by atoms with Crippen LogP contribution in [0.15, 0.2) is 121 Å². The van der Waals surface area contributed by atoms with E-state index in [-0.39, 0.29) is 7.43 Å². The summed E-state index contributed by atoms with van der Waals surface area (Å²) >= 11 is 1.47. The quantitative estimate of drug-likeness (QED) is 0.134. The van der Waals surface area contributed by atoms with Gasteiger partial charge in [-0.2, -0.15) is 5.92 Å². The molecule has 0 heterocycles. The van der Waals surface area contributed by atoms with Crippen LogP contribution in [0.25, 0.3) is 0 Å². The smallest absolute Gasteiger partial charge is 0.0970 e. The molecule has 4 heteroatoms. The van der Waals surface area contributed by atoms with E-state index in [0.717, 1.165) is 35.0 Å². The summed E-state index contributed by atoms with van der Waals surface area (Å²) in [4.78, 5) is 0. The van der Waals surface area contributed by atoms with Crippen molar-refractivity contribution >= 4 is 46.6 Å². The molecule has 0 saturated heterocycles. The molecule has 0 unspecified atom stereocenters. The maximum atomic E-state index is 4.64. The zero-order chi connectivity index (χ0) is 30.1. The largest absolute Gasteiger partial charge is 0.285 e. The van der Waals surface area contributed by atoms with Crippen molar-refractivity contribution in [1.29, 1.82) is 0 Å². The molecule has 4 aromatic rings. The number of halogens is 1. The van der Waals surface area contributed by atoms with Crippen LogP contribution in [0.4, 0.5) is 0 Å². The minimum absolute atomic E-state index is 0. The van der Waals surface area contributed by atoms with Gasteiger partial charge in [-0.25, -0.2) is 0 Å². The van der Waals surface area contributed by atoms with Gasteiger partial charge in [-0.05, 0) is 110 Å². The number of rotatable bonds is 6. The fourth-order valence-electron chi connectivity index (χ4n) is 8.83. The Morgan fingerprint density at radius 1 is 0.489 bits per heavy atom. The molecule has 6 atom stereocenters. The van der Waals surface area contributed by atoms with E-state index in [1.807, 2.05) is 0 Å². The maximum Gasteiger partial charge on any atom is 0.0970 e. The summed E-state index contributed by atoms with van der Waals surface area (Å²) in [6, 6.07) is 46.5. The van der Waals surface area contributed by atoms with Gasteiger partial charge in [-0.3, -0.25) is 6.42 Å². The Bertz CT molecular complexity index is 1200. The fraction of sp³-hybridized carbons (Fsp3) is 0.366. The van der Waals surface area contributed by atoms with E-state index in [4.69, 9.17) is 0 Å². The minimum atomic E-state index is -0.876. The third-order valence-corrected chi connectivity index (χ3v) is 17.5. The summed E-state index contributed by atoms with van der Waals surface area (Å²) in [5.74, 6) is 3.37.